The van der Waals surface area contributed by atoms with Gasteiger partial charge in [-0.05, 0) is 38.7 Å². The van der Waals surface area contributed by atoms with Gasteiger partial charge < -0.3 is 15.4 Å². The fourth-order valence-electron chi connectivity index (χ4n) is 3.77. The molecule has 1 aliphatic heterocycles. The van der Waals surface area contributed by atoms with E-state index in [2.05, 4.69) is 10.6 Å². The molecule has 4 amide bonds. The second-order valence-electron chi connectivity index (χ2n) is 8.43. The van der Waals surface area contributed by atoms with Crippen molar-refractivity contribution < 1.29 is 23.9 Å². The summed E-state index contributed by atoms with van der Waals surface area (Å²) in [6, 6.07) is 6.52. The SMILES string of the molecule is CCOC(=O)c1c(NC(=O)CN2C(=O)NC(CC(C)C)C2=O)sc(C)c1-c1ccc(C)cc1. The lowest BCUT2D eigenvalue weighted by molar-refractivity contribution is -0.131. The highest BCUT2D eigenvalue weighted by Gasteiger charge is 2.39. The van der Waals surface area contributed by atoms with Crippen molar-refractivity contribution in [3.63, 3.8) is 0 Å². The molecule has 1 saturated heterocycles. The fourth-order valence-corrected chi connectivity index (χ4v) is 4.85. The van der Waals surface area contributed by atoms with Gasteiger partial charge in [0.25, 0.3) is 5.91 Å². The third kappa shape index (κ3) is 5.42. The summed E-state index contributed by atoms with van der Waals surface area (Å²) in [5, 5.41) is 5.68. The number of esters is 1. The van der Waals surface area contributed by atoms with E-state index in [4.69, 9.17) is 4.74 Å². The first-order chi connectivity index (χ1) is 15.6. The highest BCUT2D eigenvalue weighted by atomic mass is 32.1. The van der Waals surface area contributed by atoms with Crippen LogP contribution in [0.3, 0.4) is 0 Å². The summed E-state index contributed by atoms with van der Waals surface area (Å²) in [7, 11) is 0. The third-order valence-corrected chi connectivity index (χ3v) is 6.29. The van der Waals surface area contributed by atoms with Crippen LogP contribution in [0.5, 0.6) is 0 Å². The Morgan fingerprint density at radius 2 is 1.85 bits per heavy atom. The monoisotopic (exact) mass is 471 g/mol. The largest absolute Gasteiger partial charge is 0.462 e. The van der Waals surface area contributed by atoms with Gasteiger partial charge >= 0.3 is 12.0 Å². The Bertz CT molecular complexity index is 1070. The van der Waals surface area contributed by atoms with Crippen molar-refractivity contribution in [2.45, 2.75) is 47.1 Å². The van der Waals surface area contributed by atoms with E-state index in [1.54, 1.807) is 6.92 Å². The van der Waals surface area contributed by atoms with Crippen LogP contribution in [0.1, 0.15) is 48.0 Å². The number of hydrogen-bond acceptors (Lipinski definition) is 6. The Morgan fingerprint density at radius 3 is 2.45 bits per heavy atom. The first-order valence-electron chi connectivity index (χ1n) is 10.9. The van der Waals surface area contributed by atoms with Gasteiger partial charge in [-0.3, -0.25) is 14.5 Å². The molecule has 0 aliphatic carbocycles. The van der Waals surface area contributed by atoms with Crippen LogP contribution in [0.2, 0.25) is 0 Å². The molecule has 0 bridgehead atoms. The van der Waals surface area contributed by atoms with E-state index < -0.39 is 36.4 Å². The van der Waals surface area contributed by atoms with E-state index in [-0.39, 0.29) is 18.1 Å². The molecule has 2 aromatic rings. The van der Waals surface area contributed by atoms with Gasteiger partial charge in [0.1, 0.15) is 23.2 Å². The average molecular weight is 472 g/mol. The summed E-state index contributed by atoms with van der Waals surface area (Å²) in [5.41, 5.74) is 2.89. The molecule has 33 heavy (non-hydrogen) atoms. The molecule has 1 fully saturated rings. The van der Waals surface area contributed by atoms with E-state index >= 15 is 0 Å². The Labute approximate surface area is 197 Å². The summed E-state index contributed by atoms with van der Waals surface area (Å²) in [6.45, 7) is 9.22. The molecule has 2 heterocycles. The molecular weight excluding hydrogens is 442 g/mol. The van der Waals surface area contributed by atoms with Crippen LogP contribution >= 0.6 is 11.3 Å². The van der Waals surface area contributed by atoms with Gasteiger partial charge in [-0.15, -0.1) is 11.3 Å². The lowest BCUT2D eigenvalue weighted by atomic mass is 10.0. The van der Waals surface area contributed by atoms with Crippen LogP contribution < -0.4 is 10.6 Å². The van der Waals surface area contributed by atoms with Gasteiger partial charge in [0, 0.05) is 10.4 Å². The van der Waals surface area contributed by atoms with Crippen molar-refractivity contribution in [1.29, 1.82) is 0 Å². The Hall–Kier alpha value is -3.20. The van der Waals surface area contributed by atoms with Gasteiger partial charge in [0.15, 0.2) is 0 Å². The van der Waals surface area contributed by atoms with Crippen LogP contribution in [-0.4, -0.2) is 47.9 Å². The van der Waals surface area contributed by atoms with E-state index in [0.717, 1.165) is 20.9 Å². The molecule has 1 atom stereocenters. The first kappa shape index (κ1) is 24.4. The number of aryl methyl sites for hydroxylation is 2. The second-order valence-corrected chi connectivity index (χ2v) is 9.65. The summed E-state index contributed by atoms with van der Waals surface area (Å²) in [6.07, 6.45) is 0.500. The maximum absolute atomic E-state index is 12.8. The number of anilines is 1. The van der Waals surface area contributed by atoms with Crippen LogP contribution in [0.25, 0.3) is 11.1 Å². The van der Waals surface area contributed by atoms with Crippen LogP contribution in [0.4, 0.5) is 9.80 Å². The van der Waals surface area contributed by atoms with Crippen molar-refractivity contribution in [2.24, 2.45) is 5.92 Å². The quantitative estimate of drug-likeness (QED) is 0.445. The number of nitrogens with zero attached hydrogens (tertiary/aromatic N) is 1. The van der Waals surface area contributed by atoms with Crippen molar-refractivity contribution in [2.75, 3.05) is 18.5 Å². The summed E-state index contributed by atoms with van der Waals surface area (Å²) in [4.78, 5) is 52.2. The van der Waals surface area contributed by atoms with E-state index in [0.29, 0.717) is 17.0 Å². The number of nitrogens with one attached hydrogen (secondary N) is 2. The minimum atomic E-state index is -0.627. The number of rotatable bonds is 8. The Kier molecular flexibility index (Phi) is 7.53. The van der Waals surface area contributed by atoms with Crippen molar-refractivity contribution in [1.82, 2.24) is 10.2 Å². The highest BCUT2D eigenvalue weighted by molar-refractivity contribution is 7.17. The van der Waals surface area contributed by atoms with Gasteiger partial charge in [-0.2, -0.15) is 0 Å². The molecule has 9 heteroatoms. The van der Waals surface area contributed by atoms with E-state index in [1.807, 2.05) is 52.0 Å². The molecule has 2 N–H and O–H groups in total. The third-order valence-electron chi connectivity index (χ3n) is 5.27. The molecule has 0 spiro atoms. The summed E-state index contributed by atoms with van der Waals surface area (Å²) in [5.74, 6) is -1.31. The molecule has 1 aromatic carbocycles. The number of imide groups is 1. The number of carbonyl (C=O) groups excluding carboxylic acids is 4. The molecule has 1 unspecified atom stereocenters. The first-order valence-corrected chi connectivity index (χ1v) is 11.7. The number of thiophene rings is 1. The summed E-state index contributed by atoms with van der Waals surface area (Å²) < 4.78 is 5.26. The molecule has 1 aromatic heterocycles. The topological polar surface area (TPSA) is 105 Å². The Morgan fingerprint density at radius 1 is 1.18 bits per heavy atom. The molecular formula is C24H29N3O5S. The van der Waals surface area contributed by atoms with E-state index in [9.17, 15) is 19.2 Å². The minimum absolute atomic E-state index is 0.189. The lowest BCUT2D eigenvalue weighted by Crippen LogP contribution is -2.38. The smallest absolute Gasteiger partial charge is 0.341 e. The van der Waals surface area contributed by atoms with Crippen LogP contribution in [0.15, 0.2) is 24.3 Å². The van der Waals surface area contributed by atoms with Crippen molar-refractivity contribution in [3.05, 3.63) is 40.3 Å². The van der Waals surface area contributed by atoms with Crippen molar-refractivity contribution in [3.8, 4) is 11.1 Å². The molecule has 0 radical (unpaired) electrons. The molecule has 0 saturated carbocycles. The maximum Gasteiger partial charge on any atom is 0.341 e. The highest BCUT2D eigenvalue weighted by Crippen LogP contribution is 2.40. The number of urea groups is 1. The van der Waals surface area contributed by atoms with Gasteiger partial charge in [0.2, 0.25) is 5.91 Å². The zero-order chi connectivity index (χ0) is 24.3. The molecule has 8 nitrogen and oxygen atoms in total. The summed E-state index contributed by atoms with van der Waals surface area (Å²) >= 11 is 1.25. The molecule has 3 rings (SSSR count). The van der Waals surface area contributed by atoms with Gasteiger partial charge in [0.05, 0.1) is 6.61 Å². The zero-order valence-electron chi connectivity index (χ0n) is 19.5. The van der Waals surface area contributed by atoms with Crippen LogP contribution in [-0.2, 0) is 14.3 Å². The number of carbonyl (C=O) groups is 4. The predicted octanol–water partition coefficient (Wildman–Crippen LogP) is 4.11. The number of amides is 4. The molecule has 176 valence electrons. The number of benzene rings is 1. The number of ether oxygens (including phenoxy) is 1. The zero-order valence-corrected chi connectivity index (χ0v) is 20.3. The molecule has 1 aliphatic rings. The van der Waals surface area contributed by atoms with Gasteiger partial charge in [-0.25, -0.2) is 9.59 Å². The van der Waals surface area contributed by atoms with Gasteiger partial charge in [-0.1, -0.05) is 43.7 Å². The van der Waals surface area contributed by atoms with E-state index in [1.165, 1.54) is 11.3 Å². The van der Waals surface area contributed by atoms with Crippen molar-refractivity contribution >= 4 is 40.2 Å². The minimum Gasteiger partial charge on any atom is -0.462 e. The fraction of sp³-hybridized carbons (Fsp3) is 0.417. The number of hydrogen-bond donors (Lipinski definition) is 2. The average Bonchev–Trinajstić information content (AvgIpc) is 3.19. The standard InChI is InChI=1S/C24H29N3O5S/c1-6-32-23(30)20-19(16-9-7-14(4)8-10-16)15(5)33-21(20)26-18(28)12-27-22(29)17(11-13(2)3)25-24(27)31/h7-10,13,17H,6,11-12H2,1-5H3,(H,25,31)(H,26,28). The van der Waals surface area contributed by atoms with Crippen LogP contribution in [0, 0.1) is 19.8 Å². The predicted molar refractivity (Wildman–Crippen MR) is 127 cm³/mol. The maximum atomic E-state index is 12.8. The normalized spacial score (nSPS) is 15.7. The lowest BCUT2D eigenvalue weighted by Gasteiger charge is -2.14. The second kappa shape index (κ2) is 10.2. The Balaban J connectivity index is 1.86.